The molecule has 1 rings (SSSR count). The van der Waals surface area contributed by atoms with E-state index in [9.17, 15) is 0 Å². The minimum Gasteiger partial charge on any atom is -0.463 e. The van der Waals surface area contributed by atoms with Crippen LogP contribution >= 0.6 is 0 Å². The van der Waals surface area contributed by atoms with Crippen molar-refractivity contribution in [1.82, 2.24) is 15.0 Å². The Morgan fingerprint density at radius 2 is 2.00 bits per heavy atom. The van der Waals surface area contributed by atoms with Gasteiger partial charge in [-0.3, -0.25) is 0 Å². The lowest BCUT2D eigenvalue weighted by molar-refractivity contribution is 0.286. The van der Waals surface area contributed by atoms with E-state index in [4.69, 9.17) is 9.84 Å². The Kier molecular flexibility index (Phi) is 7.74. The molecule has 0 spiro atoms. The number of ether oxygens (including phenoxy) is 1. The number of aliphatic hydroxyl groups is 1. The molecule has 1 aromatic heterocycles. The lowest BCUT2D eigenvalue weighted by Gasteiger charge is -2.26. The predicted molar refractivity (Wildman–Crippen MR) is 84.0 cm³/mol. The maximum Gasteiger partial charge on any atom is 0.323 e. The summed E-state index contributed by atoms with van der Waals surface area (Å²) >= 11 is 0. The minimum absolute atomic E-state index is 0.146. The Hall–Kier alpha value is -1.63. The summed E-state index contributed by atoms with van der Waals surface area (Å²) in [7, 11) is 0. The van der Waals surface area contributed by atoms with Crippen LogP contribution in [0.1, 0.15) is 40.5 Å². The van der Waals surface area contributed by atoms with E-state index in [2.05, 4.69) is 34.1 Å². The number of aromatic nitrogens is 3. The van der Waals surface area contributed by atoms with Gasteiger partial charge in [-0.1, -0.05) is 6.92 Å². The standard InChI is InChI=1S/C14H27N5O2/c1-5-10-21-14-17-12(15-6-2)16-13(18-14)19(11(3)4)8-7-9-20/h11,20H,5-10H2,1-4H3,(H,15,16,17,18). The molecule has 1 aromatic rings. The highest BCUT2D eigenvalue weighted by molar-refractivity contribution is 5.39. The van der Waals surface area contributed by atoms with E-state index in [1.807, 2.05) is 18.7 Å². The second-order valence-corrected chi connectivity index (χ2v) is 4.98. The van der Waals surface area contributed by atoms with Gasteiger partial charge < -0.3 is 20.1 Å². The fraction of sp³-hybridized carbons (Fsp3) is 0.786. The van der Waals surface area contributed by atoms with Gasteiger partial charge in [-0.2, -0.15) is 15.0 Å². The molecule has 0 bridgehead atoms. The third-order valence-corrected chi connectivity index (χ3v) is 2.81. The van der Waals surface area contributed by atoms with E-state index in [-0.39, 0.29) is 12.6 Å². The number of hydrogen-bond acceptors (Lipinski definition) is 7. The van der Waals surface area contributed by atoms with Crippen LogP contribution in [0.5, 0.6) is 6.01 Å². The van der Waals surface area contributed by atoms with Crippen molar-refractivity contribution in [3.8, 4) is 6.01 Å². The van der Waals surface area contributed by atoms with E-state index < -0.39 is 0 Å². The van der Waals surface area contributed by atoms with Crippen molar-refractivity contribution in [2.24, 2.45) is 0 Å². The van der Waals surface area contributed by atoms with Gasteiger partial charge in [-0.05, 0) is 33.6 Å². The van der Waals surface area contributed by atoms with E-state index >= 15 is 0 Å². The van der Waals surface area contributed by atoms with Crippen molar-refractivity contribution in [2.45, 2.75) is 46.6 Å². The molecule has 0 aromatic carbocycles. The van der Waals surface area contributed by atoms with E-state index in [0.717, 1.165) is 13.0 Å². The SMILES string of the molecule is CCCOc1nc(NCC)nc(N(CCCO)C(C)C)n1. The van der Waals surface area contributed by atoms with Crippen molar-refractivity contribution < 1.29 is 9.84 Å². The second-order valence-electron chi connectivity index (χ2n) is 4.98. The van der Waals surface area contributed by atoms with Crippen LogP contribution in [0.25, 0.3) is 0 Å². The van der Waals surface area contributed by atoms with Crippen molar-refractivity contribution in [2.75, 3.05) is 36.5 Å². The Morgan fingerprint density at radius 1 is 1.24 bits per heavy atom. The number of aliphatic hydroxyl groups excluding tert-OH is 1. The first-order valence-corrected chi connectivity index (χ1v) is 7.62. The monoisotopic (exact) mass is 297 g/mol. The maximum atomic E-state index is 9.04. The van der Waals surface area contributed by atoms with Crippen LogP contribution in [0.15, 0.2) is 0 Å². The first-order valence-electron chi connectivity index (χ1n) is 7.62. The Labute approximate surface area is 126 Å². The van der Waals surface area contributed by atoms with Crippen molar-refractivity contribution in [3.63, 3.8) is 0 Å². The number of rotatable bonds is 10. The van der Waals surface area contributed by atoms with Gasteiger partial charge in [0.2, 0.25) is 11.9 Å². The molecule has 0 amide bonds. The van der Waals surface area contributed by atoms with Crippen LogP contribution < -0.4 is 15.0 Å². The second kappa shape index (κ2) is 9.33. The Morgan fingerprint density at radius 3 is 2.57 bits per heavy atom. The molecule has 0 radical (unpaired) electrons. The van der Waals surface area contributed by atoms with Crippen molar-refractivity contribution in [3.05, 3.63) is 0 Å². The van der Waals surface area contributed by atoms with Crippen LogP contribution in [0, 0.1) is 0 Å². The van der Waals surface area contributed by atoms with Gasteiger partial charge in [0, 0.05) is 25.7 Å². The largest absolute Gasteiger partial charge is 0.463 e. The third kappa shape index (κ3) is 5.71. The number of nitrogens with zero attached hydrogens (tertiary/aromatic N) is 4. The molecule has 0 unspecified atom stereocenters. The van der Waals surface area contributed by atoms with Crippen LogP contribution in [-0.4, -0.2) is 52.4 Å². The molecule has 0 aliphatic carbocycles. The Balaban J connectivity index is 3.02. The zero-order chi connectivity index (χ0) is 15.7. The fourth-order valence-corrected chi connectivity index (χ4v) is 1.80. The molecular formula is C14H27N5O2. The average Bonchev–Trinajstić information content (AvgIpc) is 2.45. The molecule has 7 heteroatoms. The smallest absolute Gasteiger partial charge is 0.323 e. The summed E-state index contributed by atoms with van der Waals surface area (Å²) in [6.45, 7) is 10.3. The highest BCUT2D eigenvalue weighted by Crippen LogP contribution is 2.17. The minimum atomic E-state index is 0.146. The van der Waals surface area contributed by atoms with Gasteiger partial charge in [0.15, 0.2) is 0 Å². The predicted octanol–water partition coefficient (Wildman–Crippen LogP) is 1.69. The average molecular weight is 297 g/mol. The fourth-order valence-electron chi connectivity index (χ4n) is 1.80. The molecule has 1 heterocycles. The molecule has 0 aliphatic heterocycles. The molecule has 2 N–H and O–H groups in total. The molecule has 0 aliphatic rings. The van der Waals surface area contributed by atoms with Crippen LogP contribution in [0.4, 0.5) is 11.9 Å². The molecule has 120 valence electrons. The number of nitrogens with one attached hydrogen (secondary N) is 1. The van der Waals surface area contributed by atoms with E-state index in [0.29, 0.717) is 37.5 Å². The van der Waals surface area contributed by atoms with Crippen molar-refractivity contribution in [1.29, 1.82) is 0 Å². The summed E-state index contributed by atoms with van der Waals surface area (Å²) in [6, 6.07) is 0.569. The highest BCUT2D eigenvalue weighted by Gasteiger charge is 2.16. The molecule has 7 nitrogen and oxygen atoms in total. The summed E-state index contributed by atoms with van der Waals surface area (Å²) in [5, 5.41) is 12.1. The summed E-state index contributed by atoms with van der Waals surface area (Å²) in [5.74, 6) is 1.10. The van der Waals surface area contributed by atoms with Crippen LogP contribution in [0.3, 0.4) is 0 Å². The van der Waals surface area contributed by atoms with Gasteiger partial charge >= 0.3 is 6.01 Å². The van der Waals surface area contributed by atoms with Gasteiger partial charge in [0.25, 0.3) is 0 Å². The van der Waals surface area contributed by atoms with E-state index in [1.54, 1.807) is 0 Å². The lowest BCUT2D eigenvalue weighted by atomic mass is 10.3. The van der Waals surface area contributed by atoms with Crippen LogP contribution in [-0.2, 0) is 0 Å². The normalized spacial score (nSPS) is 10.8. The summed E-state index contributed by atoms with van der Waals surface area (Å²) < 4.78 is 5.54. The van der Waals surface area contributed by atoms with Crippen LogP contribution in [0.2, 0.25) is 0 Å². The molecule has 0 atom stereocenters. The maximum absolute atomic E-state index is 9.04. The summed E-state index contributed by atoms with van der Waals surface area (Å²) in [4.78, 5) is 15.1. The molecule has 0 saturated heterocycles. The first-order chi connectivity index (χ1) is 10.1. The molecule has 21 heavy (non-hydrogen) atoms. The Bertz CT molecular complexity index is 414. The van der Waals surface area contributed by atoms with Gasteiger partial charge in [-0.15, -0.1) is 0 Å². The van der Waals surface area contributed by atoms with Gasteiger partial charge in [0.1, 0.15) is 0 Å². The molecule has 0 fully saturated rings. The summed E-state index contributed by atoms with van der Waals surface area (Å²) in [6.07, 6.45) is 1.57. The molecular weight excluding hydrogens is 270 g/mol. The quantitative estimate of drug-likeness (QED) is 0.680. The first kappa shape index (κ1) is 17.4. The zero-order valence-corrected chi connectivity index (χ0v) is 13.5. The molecule has 0 saturated carbocycles. The number of hydrogen-bond donors (Lipinski definition) is 2. The summed E-state index contributed by atoms with van der Waals surface area (Å²) in [5.41, 5.74) is 0. The van der Waals surface area contributed by atoms with Gasteiger partial charge in [-0.25, -0.2) is 0 Å². The third-order valence-electron chi connectivity index (χ3n) is 2.81. The van der Waals surface area contributed by atoms with E-state index in [1.165, 1.54) is 0 Å². The number of anilines is 2. The highest BCUT2D eigenvalue weighted by atomic mass is 16.5. The lowest BCUT2D eigenvalue weighted by Crippen LogP contribution is -2.34. The van der Waals surface area contributed by atoms with Crippen molar-refractivity contribution >= 4 is 11.9 Å². The van der Waals surface area contributed by atoms with Gasteiger partial charge in [0.05, 0.1) is 6.61 Å². The zero-order valence-electron chi connectivity index (χ0n) is 13.5. The topological polar surface area (TPSA) is 83.4 Å².